The predicted molar refractivity (Wildman–Crippen MR) is 80.8 cm³/mol. The number of nitrogens with two attached hydrogens (primary N) is 1. The Hall–Kier alpha value is -1.85. The fourth-order valence-electron chi connectivity index (χ4n) is 2.03. The van der Waals surface area contributed by atoms with Crippen molar-refractivity contribution >= 4 is 15.7 Å². The molecule has 0 bridgehead atoms. The van der Waals surface area contributed by atoms with Crippen LogP contribution in [-0.2, 0) is 10.0 Å². The first-order chi connectivity index (χ1) is 9.42. The third-order valence-corrected chi connectivity index (χ3v) is 4.93. The Balaban J connectivity index is 2.30. The molecule has 0 unspecified atom stereocenters. The van der Waals surface area contributed by atoms with Crippen molar-refractivity contribution in [2.45, 2.75) is 24.8 Å². The maximum absolute atomic E-state index is 12.4. The van der Waals surface area contributed by atoms with Gasteiger partial charge in [0.25, 0.3) is 0 Å². The van der Waals surface area contributed by atoms with E-state index < -0.39 is 10.0 Å². The van der Waals surface area contributed by atoms with Crippen molar-refractivity contribution in [1.82, 2.24) is 4.72 Å². The standard InChI is InChI=1S/C15H18N2O2S/c1-11-14(16)9-6-10-15(11)20(18,19)17-12(2)13-7-4-3-5-8-13/h3-10,12,17H,16H2,1-2H3/t12-/m0/s1. The lowest BCUT2D eigenvalue weighted by atomic mass is 10.1. The van der Waals surface area contributed by atoms with E-state index in [1.807, 2.05) is 37.3 Å². The molecule has 0 radical (unpaired) electrons. The topological polar surface area (TPSA) is 72.2 Å². The Bertz CT molecular complexity index is 697. The minimum absolute atomic E-state index is 0.222. The summed E-state index contributed by atoms with van der Waals surface area (Å²) in [6.07, 6.45) is 0. The van der Waals surface area contributed by atoms with Crippen LogP contribution in [0.3, 0.4) is 0 Å². The molecule has 20 heavy (non-hydrogen) atoms. The van der Waals surface area contributed by atoms with Crippen LogP contribution in [0.5, 0.6) is 0 Å². The molecule has 5 heteroatoms. The summed E-state index contributed by atoms with van der Waals surface area (Å²) >= 11 is 0. The Morgan fingerprint density at radius 1 is 1.05 bits per heavy atom. The Kier molecular flexibility index (Phi) is 4.11. The number of rotatable bonds is 4. The summed E-state index contributed by atoms with van der Waals surface area (Å²) < 4.78 is 27.5. The molecular weight excluding hydrogens is 272 g/mol. The third-order valence-electron chi connectivity index (χ3n) is 3.25. The van der Waals surface area contributed by atoms with E-state index >= 15 is 0 Å². The van der Waals surface area contributed by atoms with Gasteiger partial charge in [0, 0.05) is 11.7 Å². The van der Waals surface area contributed by atoms with Crippen LogP contribution in [0, 0.1) is 6.92 Å². The van der Waals surface area contributed by atoms with Gasteiger partial charge < -0.3 is 5.73 Å². The van der Waals surface area contributed by atoms with Crippen LogP contribution < -0.4 is 10.5 Å². The van der Waals surface area contributed by atoms with E-state index in [0.717, 1.165) is 5.56 Å². The summed E-state index contributed by atoms with van der Waals surface area (Å²) in [6.45, 7) is 3.52. The summed E-state index contributed by atoms with van der Waals surface area (Å²) in [5.74, 6) is 0. The summed E-state index contributed by atoms with van der Waals surface area (Å²) in [6, 6.07) is 14.0. The van der Waals surface area contributed by atoms with Crippen molar-refractivity contribution in [2.24, 2.45) is 0 Å². The van der Waals surface area contributed by atoms with Gasteiger partial charge in [0.15, 0.2) is 0 Å². The van der Waals surface area contributed by atoms with E-state index in [1.54, 1.807) is 25.1 Å². The van der Waals surface area contributed by atoms with Gasteiger partial charge in [0.2, 0.25) is 10.0 Å². The van der Waals surface area contributed by atoms with Crippen LogP contribution in [0.1, 0.15) is 24.1 Å². The highest BCUT2D eigenvalue weighted by Gasteiger charge is 2.20. The van der Waals surface area contributed by atoms with Crippen LogP contribution in [0.4, 0.5) is 5.69 Å². The summed E-state index contributed by atoms with van der Waals surface area (Å²) in [5, 5.41) is 0. The van der Waals surface area contributed by atoms with Gasteiger partial charge in [-0.2, -0.15) is 0 Å². The van der Waals surface area contributed by atoms with Crippen LogP contribution >= 0.6 is 0 Å². The van der Waals surface area contributed by atoms with Gasteiger partial charge in [-0.3, -0.25) is 0 Å². The zero-order valence-electron chi connectivity index (χ0n) is 11.5. The Morgan fingerprint density at radius 3 is 2.35 bits per heavy atom. The first-order valence-electron chi connectivity index (χ1n) is 6.34. The average Bonchev–Trinajstić information content (AvgIpc) is 2.42. The lowest BCUT2D eigenvalue weighted by molar-refractivity contribution is 0.566. The molecule has 1 atom stereocenters. The molecule has 0 aliphatic carbocycles. The van der Waals surface area contributed by atoms with Gasteiger partial charge >= 0.3 is 0 Å². The molecule has 0 spiro atoms. The van der Waals surface area contributed by atoms with Crippen molar-refractivity contribution in [2.75, 3.05) is 5.73 Å². The van der Waals surface area contributed by atoms with Gasteiger partial charge in [0.05, 0.1) is 4.90 Å². The molecule has 0 saturated heterocycles. The lowest BCUT2D eigenvalue weighted by Gasteiger charge is -2.16. The monoisotopic (exact) mass is 290 g/mol. The molecule has 0 aromatic heterocycles. The van der Waals surface area contributed by atoms with Crippen molar-refractivity contribution in [3.8, 4) is 0 Å². The largest absolute Gasteiger partial charge is 0.398 e. The minimum Gasteiger partial charge on any atom is -0.398 e. The van der Waals surface area contributed by atoms with Crippen LogP contribution in [0.25, 0.3) is 0 Å². The number of sulfonamides is 1. The summed E-state index contributed by atoms with van der Waals surface area (Å²) in [7, 11) is -3.59. The zero-order chi connectivity index (χ0) is 14.8. The zero-order valence-corrected chi connectivity index (χ0v) is 12.3. The summed E-state index contributed by atoms with van der Waals surface area (Å²) in [5.41, 5.74) is 7.72. The quantitative estimate of drug-likeness (QED) is 0.850. The van der Waals surface area contributed by atoms with Gasteiger partial charge in [-0.25, -0.2) is 13.1 Å². The molecule has 0 aliphatic rings. The maximum atomic E-state index is 12.4. The second-order valence-corrected chi connectivity index (χ2v) is 6.41. The SMILES string of the molecule is Cc1c(N)cccc1S(=O)(=O)N[C@@H](C)c1ccccc1. The normalized spacial score (nSPS) is 13.1. The number of nitrogens with one attached hydrogen (secondary N) is 1. The molecule has 2 aromatic carbocycles. The summed E-state index contributed by atoms with van der Waals surface area (Å²) in [4.78, 5) is 0.222. The second kappa shape index (κ2) is 5.64. The fourth-order valence-corrected chi connectivity index (χ4v) is 3.54. The Labute approximate surface area is 119 Å². The maximum Gasteiger partial charge on any atom is 0.241 e. The van der Waals surface area contributed by atoms with Crippen molar-refractivity contribution in [3.63, 3.8) is 0 Å². The van der Waals surface area contributed by atoms with Crippen LogP contribution in [0.2, 0.25) is 0 Å². The average molecular weight is 290 g/mol. The minimum atomic E-state index is -3.59. The molecular formula is C15H18N2O2S. The van der Waals surface area contributed by atoms with Crippen molar-refractivity contribution < 1.29 is 8.42 Å². The number of nitrogen functional groups attached to an aromatic ring is 1. The van der Waals surface area contributed by atoms with E-state index in [0.29, 0.717) is 11.3 Å². The molecule has 2 aromatic rings. The lowest BCUT2D eigenvalue weighted by Crippen LogP contribution is -2.27. The van der Waals surface area contributed by atoms with E-state index in [1.165, 1.54) is 0 Å². The molecule has 0 saturated carbocycles. The molecule has 0 fully saturated rings. The van der Waals surface area contributed by atoms with Crippen molar-refractivity contribution in [3.05, 3.63) is 59.7 Å². The van der Waals surface area contributed by atoms with Crippen LogP contribution in [-0.4, -0.2) is 8.42 Å². The van der Waals surface area contributed by atoms with E-state index in [9.17, 15) is 8.42 Å². The molecule has 2 rings (SSSR count). The molecule has 0 amide bonds. The fraction of sp³-hybridized carbons (Fsp3) is 0.200. The highest BCUT2D eigenvalue weighted by Crippen LogP contribution is 2.22. The molecule has 0 aliphatic heterocycles. The third kappa shape index (κ3) is 3.00. The van der Waals surface area contributed by atoms with Crippen molar-refractivity contribution in [1.29, 1.82) is 0 Å². The number of benzene rings is 2. The molecule has 4 nitrogen and oxygen atoms in total. The highest BCUT2D eigenvalue weighted by atomic mass is 32.2. The van der Waals surface area contributed by atoms with E-state index in [4.69, 9.17) is 5.73 Å². The van der Waals surface area contributed by atoms with Gasteiger partial charge in [0.1, 0.15) is 0 Å². The van der Waals surface area contributed by atoms with E-state index in [-0.39, 0.29) is 10.9 Å². The number of hydrogen-bond acceptors (Lipinski definition) is 3. The van der Waals surface area contributed by atoms with Gasteiger partial charge in [-0.05, 0) is 37.1 Å². The molecule has 106 valence electrons. The smallest absolute Gasteiger partial charge is 0.241 e. The molecule has 0 heterocycles. The van der Waals surface area contributed by atoms with Crippen LogP contribution in [0.15, 0.2) is 53.4 Å². The predicted octanol–water partition coefficient (Wildman–Crippen LogP) is 2.62. The number of hydrogen-bond donors (Lipinski definition) is 2. The first-order valence-corrected chi connectivity index (χ1v) is 7.82. The molecule has 3 N–H and O–H groups in total. The highest BCUT2D eigenvalue weighted by molar-refractivity contribution is 7.89. The first kappa shape index (κ1) is 14.6. The van der Waals surface area contributed by atoms with Gasteiger partial charge in [-0.1, -0.05) is 36.4 Å². The van der Waals surface area contributed by atoms with E-state index in [2.05, 4.69) is 4.72 Å². The van der Waals surface area contributed by atoms with Gasteiger partial charge in [-0.15, -0.1) is 0 Å². The second-order valence-electron chi connectivity index (χ2n) is 4.72. The Morgan fingerprint density at radius 2 is 1.70 bits per heavy atom. The number of anilines is 1.